The standard InChI is InChI=1S/C22H25NSi/c1-19(20-13-7-4-8-14-20)23(21-15-9-5-10-16-21)24(2,3)22-17-11-6-12-18-22/h4-19H,1-3H3/t19-/m0/s1. The van der Waals surface area contributed by atoms with Crippen LogP contribution in [0.4, 0.5) is 5.69 Å². The number of hydrogen-bond donors (Lipinski definition) is 0. The Labute approximate surface area is 146 Å². The van der Waals surface area contributed by atoms with Crippen LogP contribution in [0.3, 0.4) is 0 Å². The molecule has 0 heterocycles. The van der Waals surface area contributed by atoms with Crippen molar-refractivity contribution < 1.29 is 0 Å². The molecule has 3 aromatic carbocycles. The summed E-state index contributed by atoms with van der Waals surface area (Å²) in [6.07, 6.45) is 0. The molecule has 0 amide bonds. The van der Waals surface area contributed by atoms with Crippen molar-refractivity contribution in [2.75, 3.05) is 4.57 Å². The van der Waals surface area contributed by atoms with Crippen LogP contribution in [0.2, 0.25) is 13.1 Å². The first-order valence-electron chi connectivity index (χ1n) is 8.55. The van der Waals surface area contributed by atoms with Crippen LogP contribution in [-0.4, -0.2) is 8.24 Å². The van der Waals surface area contributed by atoms with Gasteiger partial charge < -0.3 is 4.57 Å². The van der Waals surface area contributed by atoms with Crippen molar-refractivity contribution in [3.63, 3.8) is 0 Å². The molecule has 0 fully saturated rings. The zero-order valence-corrected chi connectivity index (χ0v) is 15.7. The normalized spacial score (nSPS) is 12.6. The van der Waals surface area contributed by atoms with Gasteiger partial charge in [0.25, 0.3) is 0 Å². The third-order valence-electron chi connectivity index (χ3n) is 4.79. The van der Waals surface area contributed by atoms with Crippen LogP contribution in [0, 0.1) is 0 Å². The molecule has 0 aliphatic heterocycles. The van der Waals surface area contributed by atoms with E-state index in [9.17, 15) is 0 Å². The van der Waals surface area contributed by atoms with E-state index >= 15 is 0 Å². The summed E-state index contributed by atoms with van der Waals surface area (Å²) in [6.45, 7) is 7.20. The first-order valence-corrected chi connectivity index (χ1v) is 11.5. The molecule has 0 aliphatic carbocycles. The predicted molar refractivity (Wildman–Crippen MR) is 107 cm³/mol. The molecule has 0 spiro atoms. The molecule has 0 saturated carbocycles. The summed E-state index contributed by atoms with van der Waals surface area (Å²) in [5.41, 5.74) is 2.66. The van der Waals surface area contributed by atoms with E-state index in [1.54, 1.807) is 0 Å². The Bertz CT molecular complexity index is 754. The van der Waals surface area contributed by atoms with E-state index in [0.29, 0.717) is 6.04 Å². The van der Waals surface area contributed by atoms with Crippen molar-refractivity contribution in [3.05, 3.63) is 96.6 Å². The Hall–Kier alpha value is -2.32. The number of para-hydroxylation sites is 1. The second-order valence-electron chi connectivity index (χ2n) is 6.72. The lowest BCUT2D eigenvalue weighted by atomic mass is 10.1. The monoisotopic (exact) mass is 331 g/mol. The zero-order valence-electron chi connectivity index (χ0n) is 14.7. The molecule has 0 unspecified atom stereocenters. The first-order chi connectivity index (χ1) is 11.6. The molecular formula is C22H25NSi. The van der Waals surface area contributed by atoms with Crippen LogP contribution >= 0.6 is 0 Å². The number of nitrogens with zero attached hydrogens (tertiary/aromatic N) is 1. The zero-order chi connectivity index (χ0) is 17.0. The quantitative estimate of drug-likeness (QED) is 0.568. The van der Waals surface area contributed by atoms with Gasteiger partial charge in [-0.25, -0.2) is 0 Å². The highest BCUT2D eigenvalue weighted by Crippen LogP contribution is 2.32. The van der Waals surface area contributed by atoms with Gasteiger partial charge in [0.05, 0.1) is 0 Å². The van der Waals surface area contributed by atoms with Gasteiger partial charge in [-0.1, -0.05) is 78.9 Å². The second-order valence-corrected chi connectivity index (χ2v) is 10.9. The van der Waals surface area contributed by atoms with E-state index in [-0.39, 0.29) is 0 Å². The van der Waals surface area contributed by atoms with Crippen LogP contribution in [0.15, 0.2) is 91.0 Å². The van der Waals surface area contributed by atoms with Crippen molar-refractivity contribution in [3.8, 4) is 0 Å². The molecule has 0 saturated heterocycles. The Balaban J connectivity index is 2.09. The van der Waals surface area contributed by atoms with Crippen LogP contribution < -0.4 is 9.75 Å². The van der Waals surface area contributed by atoms with Crippen molar-refractivity contribution in [2.45, 2.75) is 26.1 Å². The lowest BCUT2D eigenvalue weighted by Gasteiger charge is -2.44. The van der Waals surface area contributed by atoms with E-state index in [0.717, 1.165) is 0 Å². The van der Waals surface area contributed by atoms with Gasteiger partial charge in [-0.3, -0.25) is 0 Å². The van der Waals surface area contributed by atoms with Gasteiger partial charge >= 0.3 is 0 Å². The fraction of sp³-hybridized carbons (Fsp3) is 0.182. The van der Waals surface area contributed by atoms with E-state index in [2.05, 4.69) is 116 Å². The van der Waals surface area contributed by atoms with Gasteiger partial charge in [-0.05, 0) is 42.9 Å². The van der Waals surface area contributed by atoms with E-state index in [1.165, 1.54) is 16.4 Å². The SMILES string of the molecule is C[C@@H](c1ccccc1)N(c1ccccc1)[Si](C)(C)c1ccccc1. The molecule has 2 heteroatoms. The summed E-state index contributed by atoms with van der Waals surface area (Å²) in [6, 6.07) is 32.9. The maximum atomic E-state index is 2.65. The maximum absolute atomic E-state index is 2.65. The van der Waals surface area contributed by atoms with Gasteiger partial charge in [0, 0.05) is 11.7 Å². The van der Waals surface area contributed by atoms with Crippen LogP contribution in [0.5, 0.6) is 0 Å². The van der Waals surface area contributed by atoms with Gasteiger partial charge in [0.2, 0.25) is 0 Å². The highest BCUT2D eigenvalue weighted by Gasteiger charge is 2.35. The van der Waals surface area contributed by atoms with Gasteiger partial charge in [-0.2, -0.15) is 0 Å². The van der Waals surface area contributed by atoms with Crippen LogP contribution in [0.25, 0.3) is 0 Å². The molecule has 3 rings (SSSR count). The molecule has 0 bridgehead atoms. The molecule has 122 valence electrons. The molecule has 0 radical (unpaired) electrons. The van der Waals surface area contributed by atoms with Crippen molar-refractivity contribution in [1.29, 1.82) is 0 Å². The summed E-state index contributed by atoms with van der Waals surface area (Å²) < 4.78 is 2.65. The van der Waals surface area contributed by atoms with Crippen molar-refractivity contribution in [1.82, 2.24) is 0 Å². The third-order valence-corrected chi connectivity index (χ3v) is 8.38. The maximum Gasteiger partial charge on any atom is 0.182 e. The lowest BCUT2D eigenvalue weighted by Crippen LogP contribution is -2.59. The number of benzene rings is 3. The number of hydrogen-bond acceptors (Lipinski definition) is 1. The summed E-state index contributed by atoms with van der Waals surface area (Å²) in [5, 5.41) is 1.46. The summed E-state index contributed by atoms with van der Waals surface area (Å²) in [5.74, 6) is 0. The van der Waals surface area contributed by atoms with Crippen LogP contribution in [0.1, 0.15) is 18.5 Å². The van der Waals surface area contributed by atoms with E-state index < -0.39 is 8.24 Å². The fourth-order valence-corrected chi connectivity index (χ4v) is 6.68. The van der Waals surface area contributed by atoms with Crippen molar-refractivity contribution >= 4 is 19.1 Å². The van der Waals surface area contributed by atoms with E-state index in [4.69, 9.17) is 0 Å². The third kappa shape index (κ3) is 3.29. The molecule has 0 aliphatic rings. The Morgan fingerprint density at radius 1 is 0.667 bits per heavy atom. The average molecular weight is 332 g/mol. The van der Waals surface area contributed by atoms with Crippen molar-refractivity contribution in [2.24, 2.45) is 0 Å². The number of anilines is 1. The topological polar surface area (TPSA) is 3.24 Å². The smallest absolute Gasteiger partial charge is 0.182 e. The van der Waals surface area contributed by atoms with Crippen LogP contribution in [-0.2, 0) is 0 Å². The highest BCUT2D eigenvalue weighted by molar-refractivity contribution is 6.92. The van der Waals surface area contributed by atoms with E-state index in [1.807, 2.05) is 0 Å². The second kappa shape index (κ2) is 7.06. The first kappa shape index (κ1) is 16.5. The van der Waals surface area contributed by atoms with Gasteiger partial charge in [0.15, 0.2) is 8.24 Å². The molecule has 0 aromatic heterocycles. The summed E-state index contributed by atoms with van der Waals surface area (Å²) in [4.78, 5) is 0. The Morgan fingerprint density at radius 3 is 1.67 bits per heavy atom. The molecule has 0 N–H and O–H groups in total. The Kier molecular flexibility index (Phi) is 4.86. The minimum absolute atomic E-state index is 0.329. The molecule has 24 heavy (non-hydrogen) atoms. The van der Waals surface area contributed by atoms with Gasteiger partial charge in [-0.15, -0.1) is 0 Å². The summed E-state index contributed by atoms with van der Waals surface area (Å²) in [7, 11) is -1.86. The molecule has 3 aromatic rings. The molecular weight excluding hydrogens is 306 g/mol. The minimum Gasteiger partial charge on any atom is -0.387 e. The lowest BCUT2D eigenvalue weighted by molar-refractivity contribution is 0.795. The fourth-order valence-electron chi connectivity index (χ4n) is 3.48. The van der Waals surface area contributed by atoms with Gasteiger partial charge in [0.1, 0.15) is 0 Å². The molecule has 1 nitrogen and oxygen atoms in total. The average Bonchev–Trinajstić information content (AvgIpc) is 2.64. The number of rotatable bonds is 5. The Morgan fingerprint density at radius 2 is 1.12 bits per heavy atom. The predicted octanol–water partition coefficient (Wildman–Crippen LogP) is 5.37. The highest BCUT2D eigenvalue weighted by atomic mass is 28.3. The largest absolute Gasteiger partial charge is 0.387 e. The molecule has 1 atom stereocenters. The minimum atomic E-state index is -1.86. The summed E-state index contributed by atoms with van der Waals surface area (Å²) >= 11 is 0.